The summed E-state index contributed by atoms with van der Waals surface area (Å²) in [7, 11) is -1.81. The topological polar surface area (TPSA) is 57.7 Å². The number of rotatable bonds is 6. The normalized spacial score (nSPS) is 15.3. The largest absolute Gasteiger partial charge is 0.337 e. The maximum Gasteiger partial charge on any atom is 0.254 e. The molecule has 0 N–H and O–H groups in total. The van der Waals surface area contributed by atoms with Gasteiger partial charge in [0.05, 0.1) is 4.90 Å². The Kier molecular flexibility index (Phi) is 6.75. The first-order valence-electron chi connectivity index (χ1n) is 10.3. The summed E-state index contributed by atoms with van der Waals surface area (Å²) in [5.74, 6) is -0.169. The fourth-order valence-corrected chi connectivity index (χ4v) is 5.22. The highest BCUT2D eigenvalue weighted by molar-refractivity contribution is 7.89. The fraction of sp³-hybridized carbons (Fsp3) is 0.435. The summed E-state index contributed by atoms with van der Waals surface area (Å²) in [6, 6.07) is 13.1. The molecule has 0 saturated carbocycles. The van der Waals surface area contributed by atoms with E-state index in [9.17, 15) is 13.2 Å². The summed E-state index contributed by atoms with van der Waals surface area (Å²) in [6.07, 6.45) is 3.81. The van der Waals surface area contributed by atoms with Crippen molar-refractivity contribution in [2.75, 3.05) is 20.1 Å². The van der Waals surface area contributed by atoms with Gasteiger partial charge in [0.15, 0.2) is 0 Å². The Morgan fingerprint density at radius 2 is 1.62 bits per heavy atom. The summed E-state index contributed by atoms with van der Waals surface area (Å²) in [5, 5.41) is 0. The highest BCUT2D eigenvalue weighted by Crippen LogP contribution is 2.23. The SMILES string of the molecule is CCc1ccc(CN(C)C(=O)c2cc(S(=O)(=O)N3CCCCC3)ccc2C)cc1. The van der Waals surface area contributed by atoms with Crippen LogP contribution in [0.25, 0.3) is 0 Å². The molecule has 1 heterocycles. The van der Waals surface area contributed by atoms with Crippen LogP contribution >= 0.6 is 0 Å². The Balaban J connectivity index is 1.81. The quantitative estimate of drug-likeness (QED) is 0.718. The monoisotopic (exact) mass is 414 g/mol. The van der Waals surface area contributed by atoms with E-state index in [1.54, 1.807) is 24.1 Å². The number of sulfonamides is 1. The van der Waals surface area contributed by atoms with Crippen LogP contribution in [0.3, 0.4) is 0 Å². The van der Waals surface area contributed by atoms with E-state index in [-0.39, 0.29) is 10.8 Å². The third kappa shape index (κ3) is 4.87. The van der Waals surface area contributed by atoms with Crippen LogP contribution in [-0.2, 0) is 23.0 Å². The highest BCUT2D eigenvalue weighted by Gasteiger charge is 2.27. The van der Waals surface area contributed by atoms with Crippen molar-refractivity contribution in [1.82, 2.24) is 9.21 Å². The number of aryl methyl sites for hydroxylation is 2. The summed E-state index contributed by atoms with van der Waals surface area (Å²) in [4.78, 5) is 14.9. The summed E-state index contributed by atoms with van der Waals surface area (Å²) in [5.41, 5.74) is 3.53. The zero-order valence-electron chi connectivity index (χ0n) is 17.5. The van der Waals surface area contributed by atoms with Crippen LogP contribution in [0.5, 0.6) is 0 Å². The number of hydrogen-bond donors (Lipinski definition) is 0. The van der Waals surface area contributed by atoms with Crippen molar-refractivity contribution in [3.63, 3.8) is 0 Å². The van der Waals surface area contributed by atoms with Gasteiger partial charge in [-0.1, -0.05) is 43.7 Å². The third-order valence-electron chi connectivity index (χ3n) is 5.59. The number of piperidine rings is 1. The lowest BCUT2D eigenvalue weighted by atomic mass is 10.1. The zero-order valence-corrected chi connectivity index (χ0v) is 18.3. The molecule has 156 valence electrons. The van der Waals surface area contributed by atoms with E-state index >= 15 is 0 Å². The lowest BCUT2D eigenvalue weighted by Gasteiger charge is -2.26. The number of carbonyl (C=O) groups is 1. The van der Waals surface area contributed by atoms with Crippen molar-refractivity contribution >= 4 is 15.9 Å². The van der Waals surface area contributed by atoms with E-state index in [0.717, 1.165) is 36.8 Å². The first kappa shape index (κ1) is 21.5. The maximum atomic E-state index is 13.1. The number of nitrogens with zero attached hydrogens (tertiary/aromatic N) is 2. The van der Waals surface area contributed by atoms with E-state index in [0.29, 0.717) is 25.2 Å². The molecule has 1 amide bonds. The molecule has 6 heteroatoms. The molecular formula is C23H30N2O3S. The Bertz CT molecular complexity index is 962. The van der Waals surface area contributed by atoms with Crippen LogP contribution in [0, 0.1) is 6.92 Å². The molecular weight excluding hydrogens is 384 g/mol. The van der Waals surface area contributed by atoms with Gasteiger partial charge in [0.2, 0.25) is 10.0 Å². The first-order chi connectivity index (χ1) is 13.8. The first-order valence-corrected chi connectivity index (χ1v) is 11.7. The predicted octanol–water partition coefficient (Wildman–Crippen LogP) is 4.00. The molecule has 29 heavy (non-hydrogen) atoms. The van der Waals surface area contributed by atoms with Crippen molar-refractivity contribution < 1.29 is 13.2 Å². The molecule has 1 aliphatic rings. The summed E-state index contributed by atoms with van der Waals surface area (Å²) < 4.78 is 27.5. The molecule has 0 unspecified atom stereocenters. The molecule has 5 nitrogen and oxygen atoms in total. The zero-order chi connectivity index (χ0) is 21.0. The van der Waals surface area contributed by atoms with E-state index in [1.807, 2.05) is 19.1 Å². The highest BCUT2D eigenvalue weighted by atomic mass is 32.2. The summed E-state index contributed by atoms with van der Waals surface area (Å²) in [6.45, 7) is 5.53. The molecule has 2 aromatic rings. The van der Waals surface area contributed by atoms with Gasteiger partial charge in [-0.2, -0.15) is 4.31 Å². The second kappa shape index (κ2) is 9.09. The van der Waals surface area contributed by atoms with Crippen LogP contribution in [0.15, 0.2) is 47.4 Å². The van der Waals surface area contributed by atoms with Gasteiger partial charge in [0.1, 0.15) is 0 Å². The molecule has 0 aromatic heterocycles. The van der Waals surface area contributed by atoms with Crippen LogP contribution in [0.1, 0.15) is 53.2 Å². The van der Waals surface area contributed by atoms with Crippen molar-refractivity contribution in [3.05, 3.63) is 64.7 Å². The minimum Gasteiger partial charge on any atom is -0.337 e. The molecule has 0 bridgehead atoms. The number of hydrogen-bond acceptors (Lipinski definition) is 3. The molecule has 0 radical (unpaired) electrons. The van der Waals surface area contributed by atoms with E-state index < -0.39 is 10.0 Å². The third-order valence-corrected chi connectivity index (χ3v) is 7.48. The molecule has 1 saturated heterocycles. The van der Waals surface area contributed by atoms with Crippen molar-refractivity contribution in [3.8, 4) is 0 Å². The Labute approximate surface area is 174 Å². The van der Waals surface area contributed by atoms with Crippen LogP contribution in [0.2, 0.25) is 0 Å². The Hall–Kier alpha value is -2.18. The van der Waals surface area contributed by atoms with Crippen LogP contribution < -0.4 is 0 Å². The van der Waals surface area contributed by atoms with Crippen molar-refractivity contribution in [1.29, 1.82) is 0 Å². The maximum absolute atomic E-state index is 13.1. The lowest BCUT2D eigenvalue weighted by Crippen LogP contribution is -2.35. The van der Waals surface area contributed by atoms with Crippen LogP contribution in [-0.4, -0.2) is 43.7 Å². The average molecular weight is 415 g/mol. The molecule has 0 aliphatic carbocycles. The van der Waals surface area contributed by atoms with Gasteiger partial charge < -0.3 is 4.90 Å². The minimum atomic E-state index is -3.56. The van der Waals surface area contributed by atoms with Gasteiger partial charge in [-0.3, -0.25) is 4.79 Å². The van der Waals surface area contributed by atoms with Gasteiger partial charge in [-0.25, -0.2) is 8.42 Å². The van der Waals surface area contributed by atoms with Crippen molar-refractivity contribution in [2.45, 2.75) is 51.0 Å². The Morgan fingerprint density at radius 3 is 2.24 bits per heavy atom. The fourth-order valence-electron chi connectivity index (χ4n) is 3.68. The lowest BCUT2D eigenvalue weighted by molar-refractivity contribution is 0.0784. The standard InChI is InChI=1S/C23H30N2O3S/c1-4-19-9-11-20(12-10-19)17-24(3)23(26)22-16-21(13-8-18(22)2)29(27,28)25-14-6-5-7-15-25/h8-13,16H,4-7,14-15,17H2,1-3H3. The van der Waals surface area contributed by atoms with Gasteiger partial charge in [-0.05, 0) is 55.0 Å². The van der Waals surface area contributed by atoms with Crippen molar-refractivity contribution in [2.24, 2.45) is 0 Å². The predicted molar refractivity (Wildman–Crippen MR) is 115 cm³/mol. The minimum absolute atomic E-state index is 0.169. The number of carbonyl (C=O) groups excluding carboxylic acids is 1. The van der Waals surface area contributed by atoms with E-state index in [2.05, 4.69) is 19.1 Å². The number of benzene rings is 2. The molecule has 0 atom stereocenters. The van der Waals surface area contributed by atoms with Gasteiger partial charge in [0, 0.05) is 32.2 Å². The molecule has 1 aliphatic heterocycles. The van der Waals surface area contributed by atoms with Gasteiger partial charge in [-0.15, -0.1) is 0 Å². The number of amides is 1. The molecule has 1 fully saturated rings. The second-order valence-corrected chi connectivity index (χ2v) is 9.71. The second-order valence-electron chi connectivity index (χ2n) is 7.77. The van der Waals surface area contributed by atoms with E-state index in [1.165, 1.54) is 15.9 Å². The smallest absolute Gasteiger partial charge is 0.254 e. The molecule has 0 spiro atoms. The van der Waals surface area contributed by atoms with Gasteiger partial charge in [0.25, 0.3) is 5.91 Å². The summed E-state index contributed by atoms with van der Waals surface area (Å²) >= 11 is 0. The Morgan fingerprint density at radius 1 is 1.00 bits per heavy atom. The molecule has 3 rings (SSSR count). The average Bonchev–Trinajstić information content (AvgIpc) is 2.74. The van der Waals surface area contributed by atoms with Crippen LogP contribution in [0.4, 0.5) is 0 Å². The van der Waals surface area contributed by atoms with Gasteiger partial charge >= 0.3 is 0 Å². The van der Waals surface area contributed by atoms with E-state index in [4.69, 9.17) is 0 Å². The molecule has 2 aromatic carbocycles.